The van der Waals surface area contributed by atoms with E-state index in [-0.39, 0.29) is 15.6 Å². The second-order valence-corrected chi connectivity index (χ2v) is 4.63. The van der Waals surface area contributed by atoms with Crippen LogP contribution in [0.4, 0.5) is 4.39 Å². The molecule has 0 radical (unpaired) electrons. The number of allylic oxidation sites excluding steroid dienone is 1. The van der Waals surface area contributed by atoms with Gasteiger partial charge in [0.25, 0.3) is 0 Å². The van der Waals surface area contributed by atoms with Crippen molar-refractivity contribution in [2.75, 3.05) is 0 Å². The highest BCUT2D eigenvalue weighted by Gasteiger charge is 2.14. The Labute approximate surface area is 120 Å². The SMILES string of the molecule is O=C(/C=C(\Cl)c1ccccc1)c1c(F)cccc1Cl. The van der Waals surface area contributed by atoms with Gasteiger partial charge in [-0.25, -0.2) is 4.39 Å². The van der Waals surface area contributed by atoms with Gasteiger partial charge < -0.3 is 0 Å². The van der Waals surface area contributed by atoms with E-state index in [1.54, 1.807) is 24.3 Å². The molecule has 0 heterocycles. The van der Waals surface area contributed by atoms with Crippen LogP contribution in [0.2, 0.25) is 5.02 Å². The topological polar surface area (TPSA) is 17.1 Å². The summed E-state index contributed by atoms with van der Waals surface area (Å²) >= 11 is 11.9. The lowest BCUT2D eigenvalue weighted by molar-refractivity contribution is 0.104. The summed E-state index contributed by atoms with van der Waals surface area (Å²) in [5, 5.41) is 0.309. The first-order valence-electron chi connectivity index (χ1n) is 5.50. The van der Waals surface area contributed by atoms with Gasteiger partial charge in [-0.1, -0.05) is 59.6 Å². The van der Waals surface area contributed by atoms with Gasteiger partial charge >= 0.3 is 0 Å². The van der Waals surface area contributed by atoms with Gasteiger partial charge in [0.15, 0.2) is 5.78 Å². The third-order valence-corrected chi connectivity index (χ3v) is 3.16. The standard InChI is InChI=1S/C15H9Cl2FO/c16-11-7-4-8-13(18)15(11)14(19)9-12(17)10-5-2-1-3-6-10/h1-9H/b12-9-. The molecule has 0 saturated heterocycles. The largest absolute Gasteiger partial charge is 0.289 e. The fourth-order valence-electron chi connectivity index (χ4n) is 1.60. The lowest BCUT2D eigenvalue weighted by atomic mass is 10.1. The molecule has 0 fully saturated rings. The minimum atomic E-state index is -0.661. The third-order valence-electron chi connectivity index (χ3n) is 2.52. The maximum atomic E-state index is 13.6. The van der Waals surface area contributed by atoms with Crippen molar-refractivity contribution in [2.45, 2.75) is 0 Å². The molecule has 0 aromatic heterocycles. The zero-order chi connectivity index (χ0) is 13.8. The van der Waals surface area contributed by atoms with E-state index in [4.69, 9.17) is 23.2 Å². The highest BCUT2D eigenvalue weighted by molar-refractivity contribution is 6.50. The zero-order valence-corrected chi connectivity index (χ0v) is 11.3. The van der Waals surface area contributed by atoms with Crippen molar-refractivity contribution in [3.63, 3.8) is 0 Å². The number of ketones is 1. The van der Waals surface area contributed by atoms with Crippen LogP contribution in [0.3, 0.4) is 0 Å². The average molecular weight is 295 g/mol. The lowest BCUT2D eigenvalue weighted by Crippen LogP contribution is -2.00. The van der Waals surface area contributed by atoms with Crippen LogP contribution in [0.25, 0.3) is 5.03 Å². The lowest BCUT2D eigenvalue weighted by Gasteiger charge is -2.03. The normalized spacial score (nSPS) is 11.4. The van der Waals surface area contributed by atoms with Crippen LogP contribution in [-0.4, -0.2) is 5.78 Å². The van der Waals surface area contributed by atoms with E-state index < -0.39 is 11.6 Å². The fourth-order valence-corrected chi connectivity index (χ4v) is 2.08. The van der Waals surface area contributed by atoms with Gasteiger partial charge in [-0.15, -0.1) is 0 Å². The Bertz CT molecular complexity index is 616. The monoisotopic (exact) mass is 294 g/mol. The molecule has 19 heavy (non-hydrogen) atoms. The molecule has 4 heteroatoms. The molecule has 0 amide bonds. The molecule has 0 N–H and O–H groups in total. The summed E-state index contributed by atoms with van der Waals surface area (Å²) in [6.45, 7) is 0. The van der Waals surface area contributed by atoms with Crippen LogP contribution >= 0.6 is 23.2 Å². The van der Waals surface area contributed by atoms with Gasteiger partial charge in [0.1, 0.15) is 5.82 Å². The molecule has 0 aliphatic rings. The quantitative estimate of drug-likeness (QED) is 0.579. The molecular weight excluding hydrogens is 286 g/mol. The van der Waals surface area contributed by atoms with Gasteiger partial charge in [-0.05, 0) is 17.7 Å². The Balaban J connectivity index is 2.36. The van der Waals surface area contributed by atoms with E-state index >= 15 is 0 Å². The van der Waals surface area contributed by atoms with Crippen LogP contribution < -0.4 is 0 Å². The molecule has 0 unspecified atom stereocenters. The van der Waals surface area contributed by atoms with Crippen LogP contribution in [0.5, 0.6) is 0 Å². The fraction of sp³-hybridized carbons (Fsp3) is 0. The summed E-state index contributed by atoms with van der Waals surface area (Å²) in [6.07, 6.45) is 1.17. The molecule has 0 saturated carbocycles. The Hall–Kier alpha value is -1.64. The van der Waals surface area contributed by atoms with Crippen LogP contribution in [0, 0.1) is 5.82 Å². The summed E-state index contributed by atoms with van der Waals surface area (Å²) in [5.74, 6) is -1.22. The molecule has 96 valence electrons. The Morgan fingerprint density at radius 3 is 2.37 bits per heavy atom. The summed E-state index contributed by atoms with van der Waals surface area (Å²) in [4.78, 5) is 12.0. The number of rotatable bonds is 3. The number of halogens is 3. The number of hydrogen-bond donors (Lipinski definition) is 0. The van der Waals surface area contributed by atoms with Crippen molar-refractivity contribution in [3.05, 3.63) is 76.6 Å². The van der Waals surface area contributed by atoms with E-state index in [2.05, 4.69) is 0 Å². The van der Waals surface area contributed by atoms with Crippen molar-refractivity contribution >= 4 is 34.0 Å². The molecule has 1 nitrogen and oxygen atoms in total. The smallest absolute Gasteiger partial charge is 0.191 e. The first-order valence-corrected chi connectivity index (χ1v) is 6.26. The van der Waals surface area contributed by atoms with Crippen LogP contribution in [0.15, 0.2) is 54.6 Å². The number of benzene rings is 2. The molecule has 2 rings (SSSR count). The van der Waals surface area contributed by atoms with Crippen molar-refractivity contribution in [2.24, 2.45) is 0 Å². The molecule has 0 atom stereocenters. The van der Waals surface area contributed by atoms with Crippen LogP contribution in [-0.2, 0) is 0 Å². The van der Waals surface area contributed by atoms with Gasteiger partial charge in [-0.3, -0.25) is 4.79 Å². The third kappa shape index (κ3) is 3.22. The molecule has 0 bridgehead atoms. The highest BCUT2D eigenvalue weighted by Crippen LogP contribution is 2.23. The van der Waals surface area contributed by atoms with E-state index in [0.717, 1.165) is 0 Å². The molecule has 2 aromatic rings. The van der Waals surface area contributed by atoms with E-state index in [0.29, 0.717) is 5.56 Å². The summed E-state index contributed by atoms with van der Waals surface area (Å²) < 4.78 is 13.6. The van der Waals surface area contributed by atoms with E-state index in [9.17, 15) is 9.18 Å². The first-order chi connectivity index (χ1) is 9.09. The summed E-state index contributed by atoms with van der Waals surface area (Å²) in [7, 11) is 0. The molecule has 0 aliphatic carbocycles. The maximum absolute atomic E-state index is 13.6. The number of carbonyl (C=O) groups excluding carboxylic acids is 1. The summed E-state index contributed by atoms with van der Waals surface area (Å²) in [6, 6.07) is 13.0. The maximum Gasteiger partial charge on any atom is 0.191 e. The van der Waals surface area contributed by atoms with Crippen LogP contribution in [0.1, 0.15) is 15.9 Å². The predicted octanol–water partition coefficient (Wildman–Crippen LogP) is 4.94. The van der Waals surface area contributed by atoms with Gasteiger partial charge in [0.2, 0.25) is 0 Å². The van der Waals surface area contributed by atoms with E-state index in [1.165, 1.54) is 24.3 Å². The van der Waals surface area contributed by atoms with Crippen molar-refractivity contribution in [3.8, 4) is 0 Å². The minimum absolute atomic E-state index is 0.0683. The van der Waals surface area contributed by atoms with Gasteiger partial charge in [0.05, 0.1) is 15.6 Å². The van der Waals surface area contributed by atoms with Crippen molar-refractivity contribution in [1.29, 1.82) is 0 Å². The first kappa shape index (κ1) is 13.8. The molecule has 2 aromatic carbocycles. The summed E-state index contributed by atoms with van der Waals surface area (Å²) in [5.41, 5.74) is 0.517. The van der Waals surface area contributed by atoms with Gasteiger partial charge in [0, 0.05) is 6.08 Å². The second kappa shape index (κ2) is 6.00. The highest BCUT2D eigenvalue weighted by atomic mass is 35.5. The average Bonchev–Trinajstić information content (AvgIpc) is 2.39. The molecular formula is C15H9Cl2FO. The molecule has 0 aliphatic heterocycles. The number of hydrogen-bond acceptors (Lipinski definition) is 1. The predicted molar refractivity (Wildman–Crippen MR) is 76.0 cm³/mol. The zero-order valence-electron chi connectivity index (χ0n) is 9.74. The number of carbonyl (C=O) groups is 1. The second-order valence-electron chi connectivity index (χ2n) is 3.82. The van der Waals surface area contributed by atoms with Crippen molar-refractivity contribution < 1.29 is 9.18 Å². The van der Waals surface area contributed by atoms with Gasteiger partial charge in [-0.2, -0.15) is 0 Å². The molecule has 0 spiro atoms. The van der Waals surface area contributed by atoms with Crippen molar-refractivity contribution in [1.82, 2.24) is 0 Å². The Morgan fingerprint density at radius 2 is 1.74 bits per heavy atom. The van der Waals surface area contributed by atoms with E-state index in [1.807, 2.05) is 6.07 Å². The Kier molecular flexibility index (Phi) is 4.35. The Morgan fingerprint density at radius 1 is 1.05 bits per heavy atom. The minimum Gasteiger partial charge on any atom is -0.289 e.